The second-order valence-electron chi connectivity index (χ2n) is 4.88. The molecule has 2 rings (SSSR count). The first-order valence-electron chi connectivity index (χ1n) is 6.35. The molecule has 0 N–H and O–H groups in total. The van der Waals surface area contributed by atoms with Crippen LogP contribution in [0.15, 0.2) is 30.3 Å². The van der Waals surface area contributed by atoms with Crippen LogP contribution in [0.25, 0.3) is 0 Å². The van der Waals surface area contributed by atoms with Gasteiger partial charge in [-0.05, 0) is 36.6 Å². The number of halogens is 1. The van der Waals surface area contributed by atoms with Gasteiger partial charge in [0.2, 0.25) is 0 Å². The molecule has 18 heavy (non-hydrogen) atoms. The lowest BCUT2D eigenvalue weighted by Gasteiger charge is -2.36. The van der Waals surface area contributed by atoms with Gasteiger partial charge in [-0.15, -0.1) is 0 Å². The molecule has 1 aromatic carbocycles. The molecular formula is C14H19ClN2O. The first kappa shape index (κ1) is 13.4. The predicted octanol–water partition coefficient (Wildman–Crippen LogP) is 2.94. The molecule has 0 aromatic heterocycles. The van der Waals surface area contributed by atoms with E-state index >= 15 is 0 Å². The number of hydrogen-bond acceptors (Lipinski definition) is 2. The molecule has 98 valence electrons. The Balaban J connectivity index is 1.93. The highest BCUT2D eigenvalue weighted by Gasteiger charge is 2.25. The summed E-state index contributed by atoms with van der Waals surface area (Å²) in [6.45, 7) is 2.95. The Morgan fingerprint density at radius 2 is 2.17 bits per heavy atom. The molecule has 1 amide bonds. The minimum absolute atomic E-state index is 0.243. The Labute approximate surface area is 113 Å². The van der Waals surface area contributed by atoms with Crippen molar-refractivity contribution >= 4 is 17.0 Å². The van der Waals surface area contributed by atoms with E-state index in [2.05, 4.69) is 29.2 Å². The van der Waals surface area contributed by atoms with E-state index in [1.54, 1.807) is 11.9 Å². The number of likely N-dealkylation sites (tertiary alicyclic amines) is 1. The van der Waals surface area contributed by atoms with Gasteiger partial charge < -0.3 is 4.90 Å². The molecule has 4 heteroatoms. The number of carbonyl (C=O) groups is 1. The van der Waals surface area contributed by atoms with E-state index < -0.39 is 0 Å². The lowest BCUT2D eigenvalue weighted by atomic mass is 10.0. The Morgan fingerprint density at radius 1 is 1.44 bits per heavy atom. The van der Waals surface area contributed by atoms with Gasteiger partial charge in [0, 0.05) is 26.2 Å². The van der Waals surface area contributed by atoms with Gasteiger partial charge in [-0.2, -0.15) is 0 Å². The molecule has 1 aromatic rings. The monoisotopic (exact) mass is 266 g/mol. The lowest BCUT2D eigenvalue weighted by Crippen LogP contribution is -2.46. The normalized spacial score (nSPS) is 20.7. The summed E-state index contributed by atoms with van der Waals surface area (Å²) >= 11 is 5.54. The van der Waals surface area contributed by atoms with Gasteiger partial charge in [-0.25, -0.2) is 0 Å². The summed E-state index contributed by atoms with van der Waals surface area (Å²) in [4.78, 5) is 15.2. The summed E-state index contributed by atoms with van der Waals surface area (Å²) in [6.07, 6.45) is 2.16. The maximum absolute atomic E-state index is 11.2. The molecule has 0 spiro atoms. The Bertz CT molecular complexity index is 396. The van der Waals surface area contributed by atoms with E-state index in [0.29, 0.717) is 0 Å². The zero-order valence-electron chi connectivity index (χ0n) is 10.7. The fraction of sp³-hybridized carbons (Fsp3) is 0.500. The Hall–Kier alpha value is -1.06. The van der Waals surface area contributed by atoms with Crippen LogP contribution in [0.1, 0.15) is 18.4 Å². The fourth-order valence-electron chi connectivity index (χ4n) is 2.48. The van der Waals surface area contributed by atoms with Gasteiger partial charge in [0.25, 0.3) is 0 Å². The van der Waals surface area contributed by atoms with Crippen molar-refractivity contribution < 1.29 is 4.79 Å². The second-order valence-corrected chi connectivity index (χ2v) is 5.20. The van der Waals surface area contributed by atoms with E-state index in [-0.39, 0.29) is 11.4 Å². The molecule has 0 saturated carbocycles. The standard InChI is InChI=1S/C14H19ClN2O/c1-16(14(15)18)13-8-5-9-17(11-13)10-12-6-3-2-4-7-12/h2-4,6-7,13H,5,8-11H2,1H3. The Morgan fingerprint density at radius 3 is 2.83 bits per heavy atom. The SMILES string of the molecule is CN(C(=O)Cl)C1CCCN(Cc2ccccc2)C1. The highest BCUT2D eigenvalue weighted by atomic mass is 35.5. The van der Waals surface area contributed by atoms with Gasteiger partial charge >= 0.3 is 5.37 Å². The molecule has 0 aliphatic carbocycles. The van der Waals surface area contributed by atoms with Gasteiger partial charge in [0.15, 0.2) is 0 Å². The summed E-state index contributed by atoms with van der Waals surface area (Å²) in [7, 11) is 1.78. The third-order valence-corrected chi connectivity index (χ3v) is 3.82. The van der Waals surface area contributed by atoms with Gasteiger partial charge in [0.1, 0.15) is 0 Å². The van der Waals surface area contributed by atoms with Crippen LogP contribution in [0, 0.1) is 0 Å². The van der Waals surface area contributed by atoms with Gasteiger partial charge in [0.05, 0.1) is 0 Å². The van der Waals surface area contributed by atoms with E-state index in [1.165, 1.54) is 5.56 Å². The van der Waals surface area contributed by atoms with Crippen LogP contribution >= 0.6 is 11.6 Å². The van der Waals surface area contributed by atoms with E-state index in [9.17, 15) is 4.79 Å². The molecule has 1 aliphatic heterocycles. The quantitative estimate of drug-likeness (QED) is 0.620. The molecule has 1 unspecified atom stereocenters. The van der Waals surface area contributed by atoms with Crippen molar-refractivity contribution in [2.75, 3.05) is 20.1 Å². The van der Waals surface area contributed by atoms with Crippen LogP contribution in [0.4, 0.5) is 4.79 Å². The summed E-state index contributed by atoms with van der Waals surface area (Å²) in [5, 5.41) is -0.360. The second kappa shape index (κ2) is 6.21. The number of hydrogen-bond donors (Lipinski definition) is 0. The molecule has 3 nitrogen and oxygen atoms in total. The average molecular weight is 267 g/mol. The molecule has 1 saturated heterocycles. The Kier molecular flexibility index (Phi) is 4.61. The van der Waals surface area contributed by atoms with Gasteiger partial charge in [-0.1, -0.05) is 30.3 Å². The lowest BCUT2D eigenvalue weighted by molar-refractivity contribution is 0.131. The number of nitrogens with zero attached hydrogens (tertiary/aromatic N) is 2. The minimum Gasteiger partial charge on any atom is -0.328 e. The first-order chi connectivity index (χ1) is 8.66. The highest BCUT2D eigenvalue weighted by Crippen LogP contribution is 2.18. The molecule has 0 radical (unpaired) electrons. The third kappa shape index (κ3) is 3.47. The van der Waals surface area contributed by atoms with Crippen molar-refractivity contribution in [1.29, 1.82) is 0 Å². The van der Waals surface area contributed by atoms with Crippen molar-refractivity contribution in [2.24, 2.45) is 0 Å². The summed E-state index contributed by atoms with van der Waals surface area (Å²) in [5.41, 5.74) is 1.32. The summed E-state index contributed by atoms with van der Waals surface area (Å²) < 4.78 is 0. The highest BCUT2D eigenvalue weighted by molar-refractivity contribution is 6.62. The van der Waals surface area contributed by atoms with Crippen molar-refractivity contribution in [1.82, 2.24) is 9.80 Å². The van der Waals surface area contributed by atoms with Crippen LogP contribution in [0.5, 0.6) is 0 Å². The average Bonchev–Trinajstić information content (AvgIpc) is 2.39. The maximum atomic E-state index is 11.2. The topological polar surface area (TPSA) is 23.6 Å². The van der Waals surface area contributed by atoms with Crippen LogP contribution < -0.4 is 0 Å². The smallest absolute Gasteiger partial charge is 0.316 e. The number of carbonyl (C=O) groups excluding carboxylic acids is 1. The van der Waals surface area contributed by atoms with Crippen molar-refractivity contribution in [3.05, 3.63) is 35.9 Å². The van der Waals surface area contributed by atoms with Crippen LogP contribution in [-0.2, 0) is 6.54 Å². The number of piperidine rings is 1. The maximum Gasteiger partial charge on any atom is 0.316 e. The number of rotatable bonds is 3. The van der Waals surface area contributed by atoms with E-state index in [0.717, 1.165) is 32.5 Å². The largest absolute Gasteiger partial charge is 0.328 e. The molecule has 1 aliphatic rings. The molecule has 1 heterocycles. The van der Waals surface area contributed by atoms with E-state index in [4.69, 9.17) is 11.6 Å². The number of likely N-dealkylation sites (N-methyl/N-ethyl adjacent to an activating group) is 1. The number of benzene rings is 1. The van der Waals surface area contributed by atoms with E-state index in [1.807, 2.05) is 6.07 Å². The van der Waals surface area contributed by atoms with Crippen LogP contribution in [0.2, 0.25) is 0 Å². The first-order valence-corrected chi connectivity index (χ1v) is 6.73. The zero-order chi connectivity index (χ0) is 13.0. The summed E-state index contributed by atoms with van der Waals surface area (Å²) in [6, 6.07) is 10.7. The summed E-state index contributed by atoms with van der Waals surface area (Å²) in [5.74, 6) is 0. The van der Waals surface area contributed by atoms with Crippen LogP contribution in [-0.4, -0.2) is 41.3 Å². The predicted molar refractivity (Wildman–Crippen MR) is 73.8 cm³/mol. The molecule has 0 bridgehead atoms. The number of amides is 1. The zero-order valence-corrected chi connectivity index (χ0v) is 11.4. The minimum atomic E-state index is -0.360. The van der Waals surface area contributed by atoms with Gasteiger partial charge in [-0.3, -0.25) is 9.69 Å². The van der Waals surface area contributed by atoms with Crippen molar-refractivity contribution in [3.63, 3.8) is 0 Å². The third-order valence-electron chi connectivity index (χ3n) is 3.55. The molecule has 1 atom stereocenters. The molecular weight excluding hydrogens is 248 g/mol. The molecule has 1 fully saturated rings. The van der Waals surface area contributed by atoms with Crippen molar-refractivity contribution in [3.8, 4) is 0 Å². The fourth-order valence-corrected chi connectivity index (χ4v) is 2.61. The van der Waals surface area contributed by atoms with Crippen LogP contribution in [0.3, 0.4) is 0 Å². The van der Waals surface area contributed by atoms with Crippen molar-refractivity contribution in [2.45, 2.75) is 25.4 Å².